The number of nitrogens with zero attached hydrogens (tertiary/aromatic N) is 7. The third kappa shape index (κ3) is 2.83. The van der Waals surface area contributed by atoms with Gasteiger partial charge in [-0.25, -0.2) is 4.68 Å². The van der Waals surface area contributed by atoms with Crippen molar-refractivity contribution in [1.29, 1.82) is 0 Å². The van der Waals surface area contributed by atoms with E-state index >= 15 is 0 Å². The molecule has 126 valence electrons. The molecule has 8 nitrogen and oxygen atoms in total. The number of aromatic nitrogens is 4. The zero-order valence-corrected chi connectivity index (χ0v) is 14.5. The highest BCUT2D eigenvalue weighted by atomic mass is 16.2. The molecule has 1 amide bonds. The predicted octanol–water partition coefficient (Wildman–Crippen LogP) is 0.511. The van der Waals surface area contributed by atoms with Crippen LogP contribution >= 0.6 is 0 Å². The fraction of sp³-hybridized carbons (Fsp3) is 0.733. The summed E-state index contributed by atoms with van der Waals surface area (Å²) in [6.07, 6.45) is 2.56. The van der Waals surface area contributed by atoms with Gasteiger partial charge in [0.05, 0.1) is 11.6 Å². The van der Waals surface area contributed by atoms with Crippen LogP contribution in [0.25, 0.3) is 0 Å². The molecule has 0 radical (unpaired) electrons. The van der Waals surface area contributed by atoms with Crippen molar-refractivity contribution in [2.24, 2.45) is 0 Å². The van der Waals surface area contributed by atoms with E-state index in [1.165, 1.54) is 12.8 Å². The van der Waals surface area contributed by atoms with Gasteiger partial charge < -0.3 is 14.7 Å². The van der Waals surface area contributed by atoms with Crippen LogP contribution in [0.4, 0.5) is 5.95 Å². The van der Waals surface area contributed by atoms with E-state index in [9.17, 15) is 4.79 Å². The van der Waals surface area contributed by atoms with E-state index in [1.807, 2.05) is 32.8 Å². The Morgan fingerprint density at radius 1 is 1.30 bits per heavy atom. The third-order valence-electron chi connectivity index (χ3n) is 4.99. The maximum Gasteiger partial charge on any atom is 0.253 e. The van der Waals surface area contributed by atoms with Crippen LogP contribution in [0.2, 0.25) is 0 Å². The summed E-state index contributed by atoms with van der Waals surface area (Å²) in [5.41, 5.74) is 1.66. The van der Waals surface area contributed by atoms with Gasteiger partial charge in [0.1, 0.15) is 0 Å². The van der Waals surface area contributed by atoms with Gasteiger partial charge in [0.2, 0.25) is 5.95 Å². The molecule has 1 fully saturated rings. The van der Waals surface area contributed by atoms with Crippen molar-refractivity contribution in [2.45, 2.75) is 38.8 Å². The first-order valence-corrected chi connectivity index (χ1v) is 8.10. The lowest BCUT2D eigenvalue weighted by Crippen LogP contribution is -2.40. The first-order valence-electron chi connectivity index (χ1n) is 8.10. The maximum absolute atomic E-state index is 12.9. The fourth-order valence-electron chi connectivity index (χ4n) is 3.06. The molecular weight excluding hydrogens is 294 g/mol. The Morgan fingerprint density at radius 3 is 2.65 bits per heavy atom. The van der Waals surface area contributed by atoms with Crippen LogP contribution in [0.1, 0.15) is 32.7 Å². The molecule has 8 heteroatoms. The van der Waals surface area contributed by atoms with E-state index in [0.717, 1.165) is 24.4 Å². The average Bonchev–Trinajstić information content (AvgIpc) is 3.26. The Morgan fingerprint density at radius 2 is 2.00 bits per heavy atom. The van der Waals surface area contributed by atoms with Crippen molar-refractivity contribution in [3.05, 3.63) is 11.3 Å². The molecule has 0 bridgehead atoms. The summed E-state index contributed by atoms with van der Waals surface area (Å²) in [5.74, 6) is 0.717. The van der Waals surface area contributed by atoms with Crippen molar-refractivity contribution in [2.75, 3.05) is 39.1 Å². The molecule has 23 heavy (non-hydrogen) atoms. The van der Waals surface area contributed by atoms with Crippen molar-refractivity contribution in [3.8, 4) is 0 Å². The molecule has 1 aromatic rings. The second-order valence-electron chi connectivity index (χ2n) is 6.60. The number of carbonyl (C=O) groups excluding carboxylic acids is 1. The highest BCUT2D eigenvalue weighted by Gasteiger charge is 2.34. The summed E-state index contributed by atoms with van der Waals surface area (Å²) in [5, 5.41) is 11.8. The van der Waals surface area contributed by atoms with Gasteiger partial charge in [-0.1, -0.05) is 5.10 Å². The standard InChI is InChI=1S/C15H25N7O/c1-10-13(11(2)22-15(21(10)5)16-17-18-22)14(23)20(4)9-8-19(3)12-6-7-12/h11-12H,6-9H2,1-5H3/t11-/m0/s1. The summed E-state index contributed by atoms with van der Waals surface area (Å²) >= 11 is 0. The normalized spacial score (nSPS) is 21.0. The minimum atomic E-state index is -0.160. The molecular formula is C15H25N7O. The molecule has 0 N–H and O–H groups in total. The number of tetrazole rings is 1. The van der Waals surface area contributed by atoms with E-state index in [2.05, 4.69) is 27.5 Å². The van der Waals surface area contributed by atoms with Gasteiger partial charge in [-0.3, -0.25) is 4.79 Å². The van der Waals surface area contributed by atoms with Crippen molar-refractivity contribution >= 4 is 11.9 Å². The number of allylic oxidation sites excluding steroid dienone is 1. The first-order chi connectivity index (χ1) is 10.9. The topological polar surface area (TPSA) is 70.4 Å². The molecule has 1 aliphatic heterocycles. The quantitative estimate of drug-likeness (QED) is 0.787. The molecule has 0 aromatic carbocycles. The molecule has 0 saturated heterocycles. The van der Waals surface area contributed by atoms with Gasteiger partial charge in [-0.15, -0.1) is 0 Å². The highest BCUT2D eigenvalue weighted by Crippen LogP contribution is 2.32. The summed E-state index contributed by atoms with van der Waals surface area (Å²) in [4.78, 5) is 18.9. The lowest BCUT2D eigenvalue weighted by atomic mass is 10.0. The lowest BCUT2D eigenvalue weighted by molar-refractivity contribution is -0.126. The third-order valence-corrected chi connectivity index (χ3v) is 4.99. The van der Waals surface area contributed by atoms with Gasteiger partial charge in [0.25, 0.3) is 5.91 Å². The Hall–Kier alpha value is -1.96. The number of hydrogen-bond donors (Lipinski definition) is 0. The summed E-state index contributed by atoms with van der Waals surface area (Å²) in [6, 6.07) is 0.551. The Labute approximate surface area is 136 Å². The molecule has 1 saturated carbocycles. The summed E-state index contributed by atoms with van der Waals surface area (Å²) < 4.78 is 1.70. The number of anilines is 1. The van der Waals surface area contributed by atoms with Gasteiger partial charge in [-0.05, 0) is 44.2 Å². The molecule has 2 aliphatic rings. The number of rotatable bonds is 5. The molecule has 3 rings (SSSR count). The predicted molar refractivity (Wildman–Crippen MR) is 86.9 cm³/mol. The number of hydrogen-bond acceptors (Lipinski definition) is 6. The summed E-state index contributed by atoms with van der Waals surface area (Å²) in [7, 11) is 5.88. The van der Waals surface area contributed by atoms with Crippen molar-refractivity contribution < 1.29 is 4.79 Å². The Kier molecular flexibility index (Phi) is 4.09. The van der Waals surface area contributed by atoms with Crippen LogP contribution in [-0.2, 0) is 4.79 Å². The van der Waals surface area contributed by atoms with Crippen LogP contribution in [-0.4, -0.2) is 76.2 Å². The Balaban J connectivity index is 1.73. The van der Waals surface area contributed by atoms with Crippen LogP contribution in [0, 0.1) is 0 Å². The van der Waals surface area contributed by atoms with Crippen LogP contribution < -0.4 is 4.90 Å². The Bertz CT molecular complexity index is 634. The van der Waals surface area contributed by atoms with E-state index in [-0.39, 0.29) is 11.9 Å². The number of fused-ring (bicyclic) bond motifs is 1. The number of likely N-dealkylation sites (N-methyl/N-ethyl adjacent to an activating group) is 2. The van der Waals surface area contributed by atoms with Gasteiger partial charge in [-0.2, -0.15) is 0 Å². The highest BCUT2D eigenvalue weighted by molar-refractivity contribution is 5.95. The zero-order valence-electron chi connectivity index (χ0n) is 14.5. The van der Waals surface area contributed by atoms with E-state index in [1.54, 1.807) is 9.58 Å². The minimum absolute atomic E-state index is 0.0483. The molecule has 0 spiro atoms. The SMILES string of the molecule is CC1=C(C(=O)N(C)CCN(C)C2CC2)[C@H](C)n2nnnc2N1C. The fourth-order valence-corrected chi connectivity index (χ4v) is 3.06. The monoisotopic (exact) mass is 319 g/mol. The second-order valence-corrected chi connectivity index (χ2v) is 6.60. The second kappa shape index (κ2) is 5.92. The molecule has 1 aliphatic carbocycles. The number of amides is 1. The first kappa shape index (κ1) is 15.9. The van der Waals surface area contributed by atoms with E-state index < -0.39 is 0 Å². The number of carbonyl (C=O) groups is 1. The largest absolute Gasteiger partial charge is 0.341 e. The smallest absolute Gasteiger partial charge is 0.253 e. The average molecular weight is 319 g/mol. The van der Waals surface area contributed by atoms with Crippen LogP contribution in [0.15, 0.2) is 11.3 Å². The van der Waals surface area contributed by atoms with Crippen LogP contribution in [0.5, 0.6) is 0 Å². The van der Waals surface area contributed by atoms with Gasteiger partial charge >= 0.3 is 0 Å². The van der Waals surface area contributed by atoms with Gasteiger partial charge in [0, 0.05) is 38.9 Å². The maximum atomic E-state index is 12.9. The summed E-state index contributed by atoms with van der Waals surface area (Å²) in [6.45, 7) is 5.54. The van der Waals surface area contributed by atoms with Crippen LogP contribution in [0.3, 0.4) is 0 Å². The van der Waals surface area contributed by atoms with E-state index in [0.29, 0.717) is 12.0 Å². The molecule has 2 heterocycles. The van der Waals surface area contributed by atoms with Gasteiger partial charge in [0.15, 0.2) is 0 Å². The zero-order chi connectivity index (χ0) is 16.7. The van der Waals surface area contributed by atoms with Crippen molar-refractivity contribution in [1.82, 2.24) is 30.0 Å². The molecule has 0 unspecified atom stereocenters. The minimum Gasteiger partial charge on any atom is -0.341 e. The molecule has 1 atom stereocenters. The molecule has 1 aromatic heterocycles. The lowest BCUT2D eigenvalue weighted by Gasteiger charge is -2.33. The van der Waals surface area contributed by atoms with Crippen molar-refractivity contribution in [3.63, 3.8) is 0 Å². The van der Waals surface area contributed by atoms with E-state index in [4.69, 9.17) is 0 Å².